The van der Waals surface area contributed by atoms with Crippen molar-refractivity contribution in [3.05, 3.63) is 34.3 Å². The Kier molecular flexibility index (Phi) is 5.61. The predicted molar refractivity (Wildman–Crippen MR) is 85.8 cm³/mol. The summed E-state index contributed by atoms with van der Waals surface area (Å²) in [5, 5.41) is 6.26. The van der Waals surface area contributed by atoms with Crippen molar-refractivity contribution in [2.24, 2.45) is 5.92 Å². The van der Waals surface area contributed by atoms with Gasteiger partial charge in [-0.1, -0.05) is 48.0 Å². The number of halogens is 1. The fourth-order valence-corrected chi connectivity index (χ4v) is 3.07. The number of amides is 1. The summed E-state index contributed by atoms with van der Waals surface area (Å²) in [5.41, 5.74) is 1.38. The summed E-state index contributed by atoms with van der Waals surface area (Å²) < 4.78 is 1.19. The van der Waals surface area contributed by atoms with E-state index < -0.39 is 0 Å². The van der Waals surface area contributed by atoms with Crippen molar-refractivity contribution in [2.45, 2.75) is 38.6 Å². The summed E-state index contributed by atoms with van der Waals surface area (Å²) in [7, 11) is 0. The van der Waals surface area contributed by atoms with Gasteiger partial charge in [0.1, 0.15) is 0 Å². The van der Waals surface area contributed by atoms with Crippen LogP contribution < -0.4 is 10.6 Å². The minimum absolute atomic E-state index is 0.100. The molecule has 110 valence electrons. The molecule has 2 N–H and O–H groups in total. The van der Waals surface area contributed by atoms with Gasteiger partial charge in [0.2, 0.25) is 5.91 Å². The first-order valence-corrected chi connectivity index (χ1v) is 8.10. The second kappa shape index (κ2) is 7.23. The first-order chi connectivity index (χ1) is 9.56. The molecule has 0 heterocycles. The van der Waals surface area contributed by atoms with E-state index in [4.69, 9.17) is 0 Å². The predicted octanol–water partition coefficient (Wildman–Crippen LogP) is 3.06. The Morgan fingerprint density at radius 2 is 2.05 bits per heavy atom. The topological polar surface area (TPSA) is 41.1 Å². The lowest BCUT2D eigenvalue weighted by Crippen LogP contribution is -2.45. The van der Waals surface area contributed by atoms with Crippen molar-refractivity contribution < 1.29 is 4.79 Å². The standard InChI is InChI=1S/C16H23BrN2O/c1-11(2)9-19-16(20)10-18-13-7-12(8-13)14-5-3-4-6-15(14)17/h3-6,11-13,18H,7-10H2,1-2H3,(H,19,20). The van der Waals surface area contributed by atoms with Crippen molar-refractivity contribution in [3.63, 3.8) is 0 Å². The molecule has 1 aliphatic rings. The molecule has 0 atom stereocenters. The van der Waals surface area contributed by atoms with Gasteiger partial charge in [0.15, 0.2) is 0 Å². The molecule has 1 aromatic carbocycles. The number of nitrogens with one attached hydrogen (secondary N) is 2. The molecule has 0 bridgehead atoms. The molecule has 0 spiro atoms. The molecule has 1 aliphatic carbocycles. The Morgan fingerprint density at radius 3 is 2.70 bits per heavy atom. The summed E-state index contributed by atoms with van der Waals surface area (Å²) in [4.78, 5) is 11.6. The third kappa shape index (κ3) is 4.32. The lowest BCUT2D eigenvalue weighted by Gasteiger charge is -2.36. The molecule has 1 saturated carbocycles. The van der Waals surface area contributed by atoms with E-state index in [1.165, 1.54) is 10.0 Å². The van der Waals surface area contributed by atoms with Crippen LogP contribution in [-0.4, -0.2) is 25.0 Å². The minimum atomic E-state index is 0.100. The maximum absolute atomic E-state index is 11.6. The highest BCUT2D eigenvalue weighted by atomic mass is 79.9. The molecule has 4 heteroatoms. The molecule has 0 radical (unpaired) electrons. The molecule has 1 fully saturated rings. The Hall–Kier alpha value is -0.870. The first-order valence-electron chi connectivity index (χ1n) is 7.30. The monoisotopic (exact) mass is 338 g/mol. The van der Waals surface area contributed by atoms with Gasteiger partial charge in [-0.15, -0.1) is 0 Å². The lowest BCUT2D eigenvalue weighted by molar-refractivity contribution is -0.120. The average molecular weight is 339 g/mol. The second-order valence-electron chi connectivity index (χ2n) is 5.97. The van der Waals surface area contributed by atoms with Gasteiger partial charge in [0, 0.05) is 17.1 Å². The third-order valence-electron chi connectivity index (χ3n) is 3.74. The molecular formula is C16H23BrN2O. The van der Waals surface area contributed by atoms with Gasteiger partial charge in [-0.2, -0.15) is 0 Å². The molecule has 1 amide bonds. The fourth-order valence-electron chi connectivity index (χ4n) is 2.46. The van der Waals surface area contributed by atoms with E-state index in [1.807, 2.05) is 6.07 Å². The summed E-state index contributed by atoms with van der Waals surface area (Å²) in [6.45, 7) is 5.38. The summed E-state index contributed by atoms with van der Waals surface area (Å²) in [5.74, 6) is 1.22. The van der Waals surface area contributed by atoms with Gasteiger partial charge in [-0.3, -0.25) is 4.79 Å². The van der Waals surface area contributed by atoms with Gasteiger partial charge in [-0.05, 0) is 36.3 Å². The van der Waals surface area contributed by atoms with E-state index in [0.29, 0.717) is 24.4 Å². The maximum Gasteiger partial charge on any atom is 0.233 e. The van der Waals surface area contributed by atoms with Crippen LogP contribution in [0, 0.1) is 5.92 Å². The number of carbonyl (C=O) groups excluding carboxylic acids is 1. The van der Waals surface area contributed by atoms with E-state index in [1.54, 1.807) is 0 Å². The largest absolute Gasteiger partial charge is 0.355 e. The third-order valence-corrected chi connectivity index (χ3v) is 4.46. The van der Waals surface area contributed by atoms with Crippen LogP contribution in [0.4, 0.5) is 0 Å². The number of benzene rings is 1. The Labute approximate surface area is 129 Å². The van der Waals surface area contributed by atoms with Gasteiger partial charge in [0.25, 0.3) is 0 Å². The van der Waals surface area contributed by atoms with E-state index in [2.05, 4.69) is 58.6 Å². The zero-order valence-electron chi connectivity index (χ0n) is 12.2. The summed E-state index contributed by atoms with van der Waals surface area (Å²) in [6, 6.07) is 8.87. The highest BCUT2D eigenvalue weighted by molar-refractivity contribution is 9.10. The molecule has 1 aromatic rings. The molecule has 3 nitrogen and oxygen atoms in total. The fraction of sp³-hybridized carbons (Fsp3) is 0.562. The first kappa shape index (κ1) is 15.5. The van der Waals surface area contributed by atoms with Gasteiger partial charge in [-0.25, -0.2) is 0 Å². The molecule has 0 aliphatic heterocycles. The normalized spacial score (nSPS) is 21.6. The van der Waals surface area contributed by atoms with Crippen LogP contribution in [0.1, 0.15) is 38.2 Å². The second-order valence-corrected chi connectivity index (χ2v) is 6.82. The number of hydrogen-bond acceptors (Lipinski definition) is 2. The maximum atomic E-state index is 11.6. The van der Waals surface area contributed by atoms with Crippen LogP contribution in [0.15, 0.2) is 28.7 Å². The molecular weight excluding hydrogens is 316 g/mol. The van der Waals surface area contributed by atoms with Crippen molar-refractivity contribution in [1.82, 2.24) is 10.6 Å². The Bertz CT molecular complexity index is 456. The van der Waals surface area contributed by atoms with Crippen LogP contribution in [-0.2, 0) is 4.79 Å². The summed E-state index contributed by atoms with van der Waals surface area (Å²) in [6.07, 6.45) is 2.22. The van der Waals surface area contributed by atoms with E-state index in [9.17, 15) is 4.79 Å². The Morgan fingerprint density at radius 1 is 1.35 bits per heavy atom. The van der Waals surface area contributed by atoms with Gasteiger partial charge >= 0.3 is 0 Å². The lowest BCUT2D eigenvalue weighted by atomic mass is 9.76. The quantitative estimate of drug-likeness (QED) is 0.836. The zero-order chi connectivity index (χ0) is 14.5. The van der Waals surface area contributed by atoms with E-state index in [-0.39, 0.29) is 5.91 Å². The molecule has 0 unspecified atom stereocenters. The number of carbonyl (C=O) groups is 1. The summed E-state index contributed by atoms with van der Waals surface area (Å²) >= 11 is 3.60. The number of hydrogen-bond donors (Lipinski definition) is 2. The van der Waals surface area contributed by atoms with Crippen molar-refractivity contribution in [3.8, 4) is 0 Å². The van der Waals surface area contributed by atoms with Crippen molar-refractivity contribution in [2.75, 3.05) is 13.1 Å². The van der Waals surface area contributed by atoms with Gasteiger partial charge in [0.05, 0.1) is 6.54 Å². The SMILES string of the molecule is CC(C)CNC(=O)CNC1CC(c2ccccc2Br)C1. The van der Waals surface area contributed by atoms with Crippen LogP contribution in [0.25, 0.3) is 0 Å². The highest BCUT2D eigenvalue weighted by Crippen LogP contribution is 2.39. The molecule has 2 rings (SSSR count). The molecule has 0 saturated heterocycles. The molecule has 0 aromatic heterocycles. The zero-order valence-corrected chi connectivity index (χ0v) is 13.7. The van der Waals surface area contributed by atoms with E-state index in [0.717, 1.165) is 19.4 Å². The van der Waals surface area contributed by atoms with Gasteiger partial charge < -0.3 is 10.6 Å². The van der Waals surface area contributed by atoms with E-state index >= 15 is 0 Å². The van der Waals surface area contributed by atoms with Crippen LogP contribution in [0.2, 0.25) is 0 Å². The smallest absolute Gasteiger partial charge is 0.233 e. The van der Waals surface area contributed by atoms with Crippen LogP contribution >= 0.6 is 15.9 Å². The molecule has 20 heavy (non-hydrogen) atoms. The minimum Gasteiger partial charge on any atom is -0.355 e. The number of rotatable bonds is 6. The average Bonchev–Trinajstić information content (AvgIpc) is 2.36. The van der Waals surface area contributed by atoms with Crippen molar-refractivity contribution in [1.29, 1.82) is 0 Å². The highest BCUT2D eigenvalue weighted by Gasteiger charge is 2.31. The van der Waals surface area contributed by atoms with Crippen molar-refractivity contribution >= 4 is 21.8 Å². The Balaban J connectivity index is 1.67. The van der Waals surface area contributed by atoms with Crippen LogP contribution in [0.5, 0.6) is 0 Å². The van der Waals surface area contributed by atoms with Crippen LogP contribution in [0.3, 0.4) is 0 Å².